The average molecular weight is 488 g/mol. The van der Waals surface area contributed by atoms with E-state index >= 15 is 0 Å². The molecule has 4 heterocycles. The summed E-state index contributed by atoms with van der Waals surface area (Å²) in [5, 5.41) is 5.59. The zero-order valence-corrected chi connectivity index (χ0v) is 20.9. The van der Waals surface area contributed by atoms with Gasteiger partial charge in [-0.25, -0.2) is 14.8 Å². The smallest absolute Gasteiger partial charge is 0.319 e. The molecule has 1 aromatic carbocycles. The van der Waals surface area contributed by atoms with E-state index in [9.17, 15) is 4.79 Å². The predicted molar refractivity (Wildman–Crippen MR) is 140 cm³/mol. The summed E-state index contributed by atoms with van der Waals surface area (Å²) in [6.45, 7) is 9.43. The number of carbonyl (C=O) groups excluding carboxylic acids is 1. The molecule has 2 aliphatic heterocycles. The third kappa shape index (κ3) is 5.47. The van der Waals surface area contributed by atoms with E-state index in [4.69, 9.17) is 14.7 Å². The van der Waals surface area contributed by atoms with E-state index in [1.807, 2.05) is 43.5 Å². The zero-order chi connectivity index (χ0) is 24.9. The van der Waals surface area contributed by atoms with Crippen LogP contribution < -0.4 is 15.5 Å². The number of urea groups is 1. The van der Waals surface area contributed by atoms with Crippen molar-refractivity contribution in [3.63, 3.8) is 0 Å². The lowest BCUT2D eigenvalue weighted by Crippen LogP contribution is -2.45. The number of benzene rings is 1. The molecule has 2 amide bonds. The van der Waals surface area contributed by atoms with Crippen LogP contribution in [0.3, 0.4) is 0 Å². The second-order valence-corrected chi connectivity index (χ2v) is 9.30. The van der Waals surface area contributed by atoms with Crippen molar-refractivity contribution in [1.82, 2.24) is 25.2 Å². The van der Waals surface area contributed by atoms with Crippen LogP contribution in [0.15, 0.2) is 48.8 Å². The molecule has 2 aromatic heterocycles. The first kappa shape index (κ1) is 24.1. The van der Waals surface area contributed by atoms with Crippen LogP contribution in [0.5, 0.6) is 0 Å². The fourth-order valence-electron chi connectivity index (χ4n) is 4.80. The molecular weight excluding hydrogens is 454 g/mol. The van der Waals surface area contributed by atoms with E-state index in [-0.39, 0.29) is 12.1 Å². The van der Waals surface area contributed by atoms with E-state index in [1.165, 1.54) is 11.1 Å². The Bertz CT molecular complexity index is 1190. The lowest BCUT2D eigenvalue weighted by atomic mass is 10.0. The number of nitrogens with zero attached hydrogens (tertiary/aromatic N) is 5. The third-order valence-electron chi connectivity index (χ3n) is 6.63. The van der Waals surface area contributed by atoms with Crippen molar-refractivity contribution in [2.24, 2.45) is 0 Å². The fraction of sp³-hybridized carbons (Fsp3) is 0.407. The minimum Gasteiger partial charge on any atom is -0.377 e. The Morgan fingerprint density at radius 1 is 1.17 bits per heavy atom. The van der Waals surface area contributed by atoms with Gasteiger partial charge in [0.2, 0.25) is 0 Å². The number of carbonyl (C=O) groups is 1. The number of nitrogens with one attached hydrogen (secondary N) is 2. The van der Waals surface area contributed by atoms with Crippen molar-refractivity contribution in [3.05, 3.63) is 65.6 Å². The Labute approximate surface area is 211 Å². The molecule has 36 heavy (non-hydrogen) atoms. The van der Waals surface area contributed by atoms with Gasteiger partial charge < -0.3 is 20.3 Å². The molecule has 1 unspecified atom stereocenters. The molecule has 1 fully saturated rings. The molecule has 188 valence electrons. The molecule has 2 N–H and O–H groups in total. The van der Waals surface area contributed by atoms with Crippen LogP contribution >= 0.6 is 0 Å². The SMILES string of the molecule is CCNC(=O)Nc1ccc(-c2nc3c(c(N4CCOCC4C)n2)CCN(Cc2cccnc2)C3)cc1. The van der Waals surface area contributed by atoms with Gasteiger partial charge in [0.25, 0.3) is 0 Å². The van der Waals surface area contributed by atoms with E-state index in [0.717, 1.165) is 55.4 Å². The van der Waals surface area contributed by atoms with Crippen LogP contribution in [-0.2, 0) is 24.2 Å². The maximum atomic E-state index is 11.9. The first-order valence-corrected chi connectivity index (χ1v) is 12.6. The van der Waals surface area contributed by atoms with Crippen LogP contribution in [0, 0.1) is 0 Å². The third-order valence-corrected chi connectivity index (χ3v) is 6.63. The number of pyridine rings is 1. The number of hydrogen-bond acceptors (Lipinski definition) is 7. The molecule has 1 saturated heterocycles. The highest BCUT2D eigenvalue weighted by molar-refractivity contribution is 5.89. The summed E-state index contributed by atoms with van der Waals surface area (Å²) in [5.74, 6) is 1.73. The van der Waals surface area contributed by atoms with Crippen LogP contribution in [0.25, 0.3) is 11.4 Å². The predicted octanol–water partition coefficient (Wildman–Crippen LogP) is 3.46. The number of fused-ring (bicyclic) bond motifs is 1. The Morgan fingerprint density at radius 3 is 2.78 bits per heavy atom. The topological polar surface area (TPSA) is 95.5 Å². The first-order chi connectivity index (χ1) is 17.6. The summed E-state index contributed by atoms with van der Waals surface area (Å²) >= 11 is 0. The normalized spacial score (nSPS) is 17.9. The number of rotatable bonds is 6. The molecule has 0 radical (unpaired) electrons. The summed E-state index contributed by atoms with van der Waals surface area (Å²) in [4.78, 5) is 31.1. The summed E-state index contributed by atoms with van der Waals surface area (Å²) in [6, 6.07) is 11.8. The molecule has 5 rings (SSSR count). The minimum atomic E-state index is -0.215. The Balaban J connectivity index is 1.45. The van der Waals surface area contributed by atoms with Crippen molar-refractivity contribution in [1.29, 1.82) is 0 Å². The quantitative estimate of drug-likeness (QED) is 0.550. The number of morpholine rings is 1. The van der Waals surface area contributed by atoms with Crippen LogP contribution in [0.4, 0.5) is 16.3 Å². The van der Waals surface area contributed by atoms with E-state index in [2.05, 4.69) is 38.4 Å². The standard InChI is InChI=1S/C27H33N7O2/c1-3-29-27(35)30-22-8-6-21(7-9-22)25-31-24-17-33(16-20-5-4-11-28-15-20)12-10-23(24)26(32-25)34-13-14-36-18-19(34)2/h4-9,11,15,19H,3,10,12-14,16-18H2,1-2H3,(H2,29,30,35). The number of aromatic nitrogens is 3. The molecule has 0 spiro atoms. The summed E-state index contributed by atoms with van der Waals surface area (Å²) in [6.07, 6.45) is 4.64. The second kappa shape index (κ2) is 11.0. The van der Waals surface area contributed by atoms with Crippen molar-refractivity contribution in [3.8, 4) is 11.4 Å². The highest BCUT2D eigenvalue weighted by Crippen LogP contribution is 2.32. The van der Waals surface area contributed by atoms with Gasteiger partial charge in [-0.1, -0.05) is 6.07 Å². The molecule has 0 bridgehead atoms. The molecular formula is C27H33N7O2. The molecule has 2 aliphatic rings. The van der Waals surface area contributed by atoms with Crippen molar-refractivity contribution >= 4 is 17.5 Å². The van der Waals surface area contributed by atoms with Gasteiger partial charge in [-0.2, -0.15) is 0 Å². The van der Waals surface area contributed by atoms with Gasteiger partial charge >= 0.3 is 6.03 Å². The maximum absolute atomic E-state index is 11.9. The number of hydrogen-bond donors (Lipinski definition) is 2. The van der Waals surface area contributed by atoms with Crippen molar-refractivity contribution in [2.75, 3.05) is 43.1 Å². The van der Waals surface area contributed by atoms with Crippen LogP contribution in [-0.4, -0.2) is 64.8 Å². The molecule has 9 heteroatoms. The van der Waals surface area contributed by atoms with Gasteiger partial charge in [-0.15, -0.1) is 0 Å². The van der Waals surface area contributed by atoms with Gasteiger partial charge in [0.1, 0.15) is 5.82 Å². The fourth-order valence-corrected chi connectivity index (χ4v) is 4.80. The van der Waals surface area contributed by atoms with Gasteiger partial charge in [0, 0.05) is 61.9 Å². The molecule has 0 saturated carbocycles. The zero-order valence-electron chi connectivity index (χ0n) is 20.9. The maximum Gasteiger partial charge on any atom is 0.319 e. The highest BCUT2D eigenvalue weighted by atomic mass is 16.5. The largest absolute Gasteiger partial charge is 0.377 e. The van der Waals surface area contributed by atoms with Gasteiger partial charge in [-0.05, 0) is 56.2 Å². The van der Waals surface area contributed by atoms with Crippen LogP contribution in [0.1, 0.15) is 30.7 Å². The van der Waals surface area contributed by atoms with Gasteiger partial charge in [0.05, 0.1) is 24.9 Å². The Hall–Kier alpha value is -3.56. The lowest BCUT2D eigenvalue weighted by molar-refractivity contribution is 0.0983. The number of ether oxygens (including phenoxy) is 1. The van der Waals surface area contributed by atoms with E-state index in [0.29, 0.717) is 25.6 Å². The number of anilines is 2. The lowest BCUT2D eigenvalue weighted by Gasteiger charge is -2.37. The highest BCUT2D eigenvalue weighted by Gasteiger charge is 2.29. The van der Waals surface area contributed by atoms with Crippen molar-refractivity contribution in [2.45, 2.75) is 39.4 Å². The van der Waals surface area contributed by atoms with Crippen molar-refractivity contribution < 1.29 is 9.53 Å². The molecule has 3 aromatic rings. The van der Waals surface area contributed by atoms with E-state index < -0.39 is 0 Å². The summed E-state index contributed by atoms with van der Waals surface area (Å²) in [5.41, 5.74) is 5.17. The molecule has 1 atom stereocenters. The minimum absolute atomic E-state index is 0.215. The van der Waals surface area contributed by atoms with E-state index in [1.54, 1.807) is 6.20 Å². The van der Waals surface area contributed by atoms with Crippen LogP contribution in [0.2, 0.25) is 0 Å². The Morgan fingerprint density at radius 2 is 2.03 bits per heavy atom. The Kier molecular flexibility index (Phi) is 7.39. The van der Waals surface area contributed by atoms with Gasteiger partial charge in [-0.3, -0.25) is 9.88 Å². The monoisotopic (exact) mass is 487 g/mol. The second-order valence-electron chi connectivity index (χ2n) is 9.30. The number of amides is 2. The molecule has 9 nitrogen and oxygen atoms in total. The first-order valence-electron chi connectivity index (χ1n) is 12.6. The van der Waals surface area contributed by atoms with Gasteiger partial charge in [0.15, 0.2) is 5.82 Å². The summed E-state index contributed by atoms with van der Waals surface area (Å²) in [7, 11) is 0. The summed E-state index contributed by atoms with van der Waals surface area (Å²) < 4.78 is 5.70. The average Bonchev–Trinajstić information content (AvgIpc) is 2.89. The molecule has 0 aliphatic carbocycles.